The minimum absolute atomic E-state index is 0.187. The molecule has 1 aromatic carbocycles. The lowest BCUT2D eigenvalue weighted by Gasteiger charge is -2.38. The van der Waals surface area contributed by atoms with Gasteiger partial charge >= 0.3 is 0 Å². The number of ether oxygens (including phenoxy) is 1. The van der Waals surface area contributed by atoms with Crippen LogP contribution in [0.1, 0.15) is 45.1 Å². The van der Waals surface area contributed by atoms with Gasteiger partial charge in [-0.2, -0.15) is 0 Å². The second kappa shape index (κ2) is 9.66. The molecule has 1 heterocycles. The molecule has 1 aromatic rings. The predicted octanol–water partition coefficient (Wildman–Crippen LogP) is 3.17. The number of nitrogens with zero attached hydrogens (tertiary/aromatic N) is 1. The zero-order chi connectivity index (χ0) is 18.2. The zero-order valence-corrected chi connectivity index (χ0v) is 15.8. The average molecular weight is 348 g/mol. The zero-order valence-electron chi connectivity index (χ0n) is 15.8. The highest BCUT2D eigenvalue weighted by atomic mass is 16.5. The fraction of sp³-hybridized carbons (Fsp3) is 0.650. The summed E-state index contributed by atoms with van der Waals surface area (Å²) in [6, 6.07) is 5.48. The van der Waals surface area contributed by atoms with E-state index in [4.69, 9.17) is 4.74 Å². The van der Waals surface area contributed by atoms with Gasteiger partial charge in [-0.1, -0.05) is 26.3 Å². The summed E-state index contributed by atoms with van der Waals surface area (Å²) in [5.41, 5.74) is 0.926. The van der Waals surface area contributed by atoms with Crippen LogP contribution in [0.3, 0.4) is 0 Å². The van der Waals surface area contributed by atoms with Gasteiger partial charge in [-0.05, 0) is 37.3 Å². The molecule has 140 valence electrons. The molecule has 2 N–H and O–H groups in total. The SMILES string of the molecule is CCCNC(=O)C[C@H]1CCN(Cc2ccc(OC)cc2O)C[C@@H]1CC. The second-order valence-corrected chi connectivity index (χ2v) is 7.00. The third-order valence-electron chi connectivity index (χ3n) is 5.21. The summed E-state index contributed by atoms with van der Waals surface area (Å²) in [5, 5.41) is 13.2. The lowest BCUT2D eigenvalue weighted by Crippen LogP contribution is -2.41. The third-order valence-corrected chi connectivity index (χ3v) is 5.21. The van der Waals surface area contributed by atoms with E-state index in [1.54, 1.807) is 13.2 Å². The second-order valence-electron chi connectivity index (χ2n) is 7.00. The van der Waals surface area contributed by atoms with Gasteiger partial charge in [-0.15, -0.1) is 0 Å². The number of benzene rings is 1. The molecule has 0 aliphatic carbocycles. The number of methoxy groups -OCH3 is 1. The molecule has 1 fully saturated rings. The molecule has 0 aromatic heterocycles. The lowest BCUT2D eigenvalue weighted by atomic mass is 9.81. The van der Waals surface area contributed by atoms with E-state index in [0.29, 0.717) is 24.0 Å². The van der Waals surface area contributed by atoms with E-state index in [9.17, 15) is 9.90 Å². The van der Waals surface area contributed by atoms with Crippen LogP contribution in [-0.2, 0) is 11.3 Å². The van der Waals surface area contributed by atoms with Crippen LogP contribution in [0.2, 0.25) is 0 Å². The number of hydrogen-bond acceptors (Lipinski definition) is 4. The van der Waals surface area contributed by atoms with Crippen LogP contribution in [-0.4, -0.2) is 42.7 Å². The number of phenols is 1. The van der Waals surface area contributed by atoms with E-state index in [2.05, 4.69) is 24.1 Å². The van der Waals surface area contributed by atoms with Crippen LogP contribution in [0.25, 0.3) is 0 Å². The van der Waals surface area contributed by atoms with Crippen molar-refractivity contribution in [3.8, 4) is 11.5 Å². The molecule has 1 aliphatic rings. The summed E-state index contributed by atoms with van der Waals surface area (Å²) < 4.78 is 5.14. The molecule has 5 nitrogen and oxygen atoms in total. The number of carbonyl (C=O) groups excluding carboxylic acids is 1. The lowest BCUT2D eigenvalue weighted by molar-refractivity contribution is -0.122. The van der Waals surface area contributed by atoms with Crippen LogP contribution in [0.15, 0.2) is 18.2 Å². The van der Waals surface area contributed by atoms with E-state index < -0.39 is 0 Å². The molecule has 5 heteroatoms. The average Bonchev–Trinajstić information content (AvgIpc) is 2.62. The van der Waals surface area contributed by atoms with Crippen molar-refractivity contribution in [2.24, 2.45) is 11.8 Å². The standard InChI is InChI=1S/C20H32N2O3/c1-4-9-21-20(24)11-16-8-10-22(13-15(16)5-2)14-17-6-7-18(25-3)12-19(17)23/h6-7,12,15-16,23H,4-5,8-11,13-14H2,1-3H3,(H,21,24)/t15-,16+/m0/s1. The summed E-state index contributed by atoms with van der Waals surface area (Å²) >= 11 is 0. The normalized spacial score (nSPS) is 21.1. The Balaban J connectivity index is 1.91. The molecule has 1 saturated heterocycles. The first-order chi connectivity index (χ1) is 12.1. The summed E-state index contributed by atoms with van der Waals surface area (Å²) in [6.45, 7) is 7.73. The van der Waals surface area contributed by atoms with E-state index in [0.717, 1.165) is 51.0 Å². The Morgan fingerprint density at radius 1 is 1.36 bits per heavy atom. The minimum Gasteiger partial charge on any atom is -0.507 e. The van der Waals surface area contributed by atoms with Crippen LogP contribution >= 0.6 is 0 Å². The molecule has 0 radical (unpaired) electrons. The number of nitrogens with one attached hydrogen (secondary N) is 1. The third kappa shape index (κ3) is 5.63. The molecule has 1 amide bonds. The van der Waals surface area contributed by atoms with Gasteiger partial charge in [0.1, 0.15) is 11.5 Å². The van der Waals surface area contributed by atoms with Gasteiger partial charge in [-0.25, -0.2) is 0 Å². The van der Waals surface area contributed by atoms with E-state index in [1.165, 1.54) is 0 Å². The van der Waals surface area contributed by atoms with E-state index >= 15 is 0 Å². The van der Waals surface area contributed by atoms with Crippen LogP contribution in [0.4, 0.5) is 0 Å². The fourth-order valence-corrected chi connectivity index (χ4v) is 3.65. The van der Waals surface area contributed by atoms with Crippen molar-refractivity contribution in [3.63, 3.8) is 0 Å². The molecule has 2 atom stereocenters. The quantitative estimate of drug-likeness (QED) is 0.757. The van der Waals surface area contributed by atoms with Gasteiger partial charge in [0.25, 0.3) is 0 Å². The van der Waals surface area contributed by atoms with Gasteiger partial charge in [-0.3, -0.25) is 9.69 Å². The smallest absolute Gasteiger partial charge is 0.220 e. The van der Waals surface area contributed by atoms with Crippen LogP contribution in [0, 0.1) is 11.8 Å². The van der Waals surface area contributed by atoms with Crippen molar-refractivity contribution in [1.29, 1.82) is 0 Å². The number of aromatic hydroxyl groups is 1. The summed E-state index contributed by atoms with van der Waals surface area (Å²) in [6.07, 6.45) is 3.73. The number of piperidine rings is 1. The number of carbonyl (C=O) groups is 1. The van der Waals surface area contributed by atoms with Gasteiger partial charge in [0, 0.05) is 37.7 Å². The summed E-state index contributed by atoms with van der Waals surface area (Å²) in [7, 11) is 1.60. The summed E-state index contributed by atoms with van der Waals surface area (Å²) in [4.78, 5) is 14.4. The minimum atomic E-state index is 0.187. The highest BCUT2D eigenvalue weighted by molar-refractivity contribution is 5.76. The fourth-order valence-electron chi connectivity index (χ4n) is 3.65. The van der Waals surface area contributed by atoms with Crippen molar-refractivity contribution >= 4 is 5.91 Å². The first-order valence-corrected chi connectivity index (χ1v) is 9.42. The Hall–Kier alpha value is -1.75. The van der Waals surface area contributed by atoms with E-state index in [1.807, 2.05) is 12.1 Å². The number of phenolic OH excluding ortho intramolecular Hbond substituents is 1. The maximum atomic E-state index is 12.0. The van der Waals surface area contributed by atoms with Crippen molar-refractivity contribution < 1.29 is 14.6 Å². The molecule has 0 bridgehead atoms. The van der Waals surface area contributed by atoms with Crippen LogP contribution in [0.5, 0.6) is 11.5 Å². The predicted molar refractivity (Wildman–Crippen MR) is 99.7 cm³/mol. The first kappa shape index (κ1) is 19.6. The topological polar surface area (TPSA) is 61.8 Å². The molecule has 2 rings (SSSR count). The van der Waals surface area contributed by atoms with Gasteiger partial charge in [0.05, 0.1) is 7.11 Å². The molecule has 0 unspecified atom stereocenters. The first-order valence-electron chi connectivity index (χ1n) is 9.42. The van der Waals surface area contributed by atoms with Gasteiger partial charge in [0.15, 0.2) is 0 Å². The van der Waals surface area contributed by atoms with Gasteiger partial charge < -0.3 is 15.2 Å². The molecular formula is C20H32N2O3. The Kier molecular flexibility index (Phi) is 7.56. The molecule has 0 saturated carbocycles. The Morgan fingerprint density at radius 2 is 2.16 bits per heavy atom. The van der Waals surface area contributed by atoms with Crippen molar-refractivity contribution in [2.75, 3.05) is 26.7 Å². The van der Waals surface area contributed by atoms with Crippen LogP contribution < -0.4 is 10.1 Å². The van der Waals surface area contributed by atoms with Crippen molar-refractivity contribution in [1.82, 2.24) is 10.2 Å². The molecular weight excluding hydrogens is 316 g/mol. The number of hydrogen-bond donors (Lipinski definition) is 2. The maximum absolute atomic E-state index is 12.0. The molecule has 0 spiro atoms. The number of likely N-dealkylation sites (tertiary alicyclic amines) is 1. The largest absolute Gasteiger partial charge is 0.507 e. The molecule has 25 heavy (non-hydrogen) atoms. The van der Waals surface area contributed by atoms with Crippen molar-refractivity contribution in [3.05, 3.63) is 23.8 Å². The summed E-state index contributed by atoms with van der Waals surface area (Å²) in [5.74, 6) is 2.13. The van der Waals surface area contributed by atoms with E-state index in [-0.39, 0.29) is 11.7 Å². The highest BCUT2D eigenvalue weighted by Crippen LogP contribution is 2.31. The number of amides is 1. The maximum Gasteiger partial charge on any atom is 0.220 e. The Bertz CT molecular complexity index is 562. The Morgan fingerprint density at radius 3 is 2.80 bits per heavy atom. The number of rotatable bonds is 8. The van der Waals surface area contributed by atoms with Crippen molar-refractivity contribution in [2.45, 2.75) is 46.1 Å². The monoisotopic (exact) mass is 348 g/mol. The van der Waals surface area contributed by atoms with Gasteiger partial charge in [0.2, 0.25) is 5.91 Å². The Labute approximate surface area is 151 Å². The highest BCUT2D eigenvalue weighted by Gasteiger charge is 2.29. The molecule has 1 aliphatic heterocycles.